The van der Waals surface area contributed by atoms with E-state index in [0.717, 1.165) is 22.2 Å². The molecule has 11 heteroatoms. The van der Waals surface area contributed by atoms with Crippen molar-refractivity contribution in [3.8, 4) is 0 Å². The molecule has 0 spiro atoms. The summed E-state index contributed by atoms with van der Waals surface area (Å²) in [6.45, 7) is 3.77. The van der Waals surface area contributed by atoms with Crippen LogP contribution in [0.3, 0.4) is 0 Å². The van der Waals surface area contributed by atoms with Gasteiger partial charge in [0.2, 0.25) is 0 Å². The van der Waals surface area contributed by atoms with Crippen LogP contribution in [0, 0.1) is 12.8 Å². The Morgan fingerprint density at radius 2 is 1.92 bits per heavy atom. The van der Waals surface area contributed by atoms with Gasteiger partial charge in [-0.1, -0.05) is 47.7 Å². The second-order valence-corrected chi connectivity index (χ2v) is 12.8. The van der Waals surface area contributed by atoms with E-state index >= 15 is 0 Å². The number of amides is 1. The van der Waals surface area contributed by atoms with E-state index in [1.54, 1.807) is 13.0 Å². The normalized spacial score (nSPS) is 18.2. The minimum absolute atomic E-state index is 0.174. The van der Waals surface area contributed by atoms with Gasteiger partial charge in [0.1, 0.15) is 6.17 Å². The number of rotatable bonds is 6. The van der Waals surface area contributed by atoms with Crippen LogP contribution in [0.2, 0.25) is 10.0 Å². The highest BCUT2D eigenvalue weighted by Crippen LogP contribution is 2.42. The maximum Gasteiger partial charge on any atom is 0.312 e. The van der Waals surface area contributed by atoms with E-state index in [1.165, 1.54) is 11.0 Å². The SMILES string of the molecule is CCOC(=O)C1CCN(C(=O)c2ccc(Cl)c(Cc3cc4c(C)cc(C(F)(P)P)cc4n3C)c2Cl)CC1F. The molecule has 2 aromatic carbocycles. The van der Waals surface area contributed by atoms with E-state index in [-0.39, 0.29) is 36.7 Å². The van der Waals surface area contributed by atoms with Gasteiger partial charge in [0.05, 0.1) is 29.7 Å². The standard InChI is InChI=1S/C27H30Cl2F2N2O3P2/c1-4-36-26(35)17-7-8-33(13-22(17)30)25(34)18-5-6-21(28)20(24(18)29)12-16-11-19-14(2)9-15(27(31,37)38)10-23(19)32(16)3/h5-6,9-11,17,22H,4,7-8,12-13,37-38H2,1-3H3. The lowest BCUT2D eigenvalue weighted by Gasteiger charge is -2.33. The highest BCUT2D eigenvalue weighted by Gasteiger charge is 2.37. The van der Waals surface area contributed by atoms with Crippen molar-refractivity contribution >= 4 is 64.5 Å². The predicted molar refractivity (Wildman–Crippen MR) is 155 cm³/mol. The summed E-state index contributed by atoms with van der Waals surface area (Å²) in [5, 5.41) is -0.0702. The Labute approximate surface area is 235 Å². The summed E-state index contributed by atoms with van der Waals surface area (Å²) in [4.78, 5) is 26.7. The number of nitrogens with zero attached hydrogens (tertiary/aromatic N) is 2. The zero-order valence-corrected chi connectivity index (χ0v) is 25.2. The number of carbonyl (C=O) groups excluding carboxylic acids is 2. The fourth-order valence-electron chi connectivity index (χ4n) is 4.93. The molecule has 0 aliphatic carbocycles. The molecule has 204 valence electrons. The van der Waals surface area contributed by atoms with E-state index in [4.69, 9.17) is 27.9 Å². The molecular weight excluding hydrogens is 571 g/mol. The molecule has 1 aromatic heterocycles. The Bertz CT molecular complexity index is 1410. The number of esters is 1. The van der Waals surface area contributed by atoms with Crippen molar-refractivity contribution in [2.75, 3.05) is 19.7 Å². The summed E-state index contributed by atoms with van der Waals surface area (Å²) in [7, 11) is 6.26. The minimum atomic E-state index is -1.64. The van der Waals surface area contributed by atoms with Gasteiger partial charge in [-0.05, 0) is 61.2 Å². The molecule has 3 aromatic rings. The number of aromatic nitrogens is 1. The highest BCUT2D eigenvalue weighted by molar-refractivity contribution is 7.38. The summed E-state index contributed by atoms with van der Waals surface area (Å²) < 4.78 is 36.3. The first kappa shape index (κ1) is 29.2. The lowest BCUT2D eigenvalue weighted by atomic mass is 9.94. The molecule has 0 N–H and O–H groups in total. The van der Waals surface area contributed by atoms with Gasteiger partial charge < -0.3 is 14.2 Å². The highest BCUT2D eigenvalue weighted by atomic mass is 35.5. The van der Waals surface area contributed by atoms with Crippen molar-refractivity contribution < 1.29 is 23.1 Å². The average Bonchev–Trinajstić information content (AvgIpc) is 3.16. The number of carbonyl (C=O) groups is 2. The molecule has 5 nitrogen and oxygen atoms in total. The fraction of sp³-hybridized carbons (Fsp3) is 0.407. The number of halogens is 4. The van der Waals surface area contributed by atoms with Crippen LogP contribution in [0.4, 0.5) is 8.78 Å². The summed E-state index contributed by atoms with van der Waals surface area (Å²) in [6.07, 6.45) is -1.02. The zero-order valence-electron chi connectivity index (χ0n) is 21.4. The Kier molecular flexibility index (Phi) is 8.74. The molecule has 0 bridgehead atoms. The van der Waals surface area contributed by atoms with Gasteiger partial charge in [-0.25, -0.2) is 8.78 Å². The number of fused-ring (bicyclic) bond motifs is 1. The fourth-order valence-corrected chi connectivity index (χ4v) is 5.85. The van der Waals surface area contributed by atoms with Crippen LogP contribution < -0.4 is 0 Å². The van der Waals surface area contributed by atoms with E-state index in [9.17, 15) is 18.4 Å². The molecule has 4 atom stereocenters. The first-order valence-corrected chi connectivity index (χ1v) is 14.2. The van der Waals surface area contributed by atoms with Gasteiger partial charge in [0.25, 0.3) is 5.91 Å². The van der Waals surface area contributed by atoms with E-state index < -0.39 is 29.1 Å². The number of ether oxygens (including phenoxy) is 1. The number of alkyl halides is 2. The van der Waals surface area contributed by atoms with Crippen LogP contribution >= 0.6 is 41.7 Å². The summed E-state index contributed by atoms with van der Waals surface area (Å²) in [5.41, 5.74) is 3.98. The number of aryl methyl sites for hydroxylation is 2. The van der Waals surface area contributed by atoms with Gasteiger partial charge in [-0.2, -0.15) is 0 Å². The second kappa shape index (κ2) is 11.4. The topological polar surface area (TPSA) is 51.5 Å². The van der Waals surface area contributed by atoms with Crippen molar-refractivity contribution in [2.24, 2.45) is 13.0 Å². The van der Waals surface area contributed by atoms with E-state index in [1.807, 2.05) is 36.7 Å². The molecule has 4 unspecified atom stereocenters. The Morgan fingerprint density at radius 3 is 2.55 bits per heavy atom. The quantitative estimate of drug-likeness (QED) is 0.237. The number of benzene rings is 2. The Balaban J connectivity index is 1.62. The summed E-state index contributed by atoms with van der Waals surface area (Å²) >= 11 is 13.3. The van der Waals surface area contributed by atoms with Gasteiger partial charge in [-0.3, -0.25) is 9.59 Å². The lowest BCUT2D eigenvalue weighted by Crippen LogP contribution is -2.47. The molecule has 38 heavy (non-hydrogen) atoms. The molecule has 2 heterocycles. The smallest absolute Gasteiger partial charge is 0.312 e. The van der Waals surface area contributed by atoms with Crippen molar-refractivity contribution in [3.05, 3.63) is 68.3 Å². The van der Waals surface area contributed by atoms with Crippen molar-refractivity contribution in [1.82, 2.24) is 9.47 Å². The molecule has 1 amide bonds. The minimum Gasteiger partial charge on any atom is -0.466 e. The van der Waals surface area contributed by atoms with Crippen LogP contribution in [0.15, 0.2) is 30.3 Å². The van der Waals surface area contributed by atoms with Crippen molar-refractivity contribution in [2.45, 2.75) is 38.0 Å². The third kappa shape index (κ3) is 5.72. The van der Waals surface area contributed by atoms with Gasteiger partial charge in [0, 0.05) is 41.6 Å². The van der Waals surface area contributed by atoms with Crippen LogP contribution in [-0.4, -0.2) is 47.2 Å². The monoisotopic (exact) mass is 600 g/mol. The van der Waals surface area contributed by atoms with Crippen LogP contribution in [-0.2, 0) is 28.2 Å². The Morgan fingerprint density at radius 1 is 1.21 bits per heavy atom. The molecule has 1 saturated heterocycles. The number of piperidine rings is 1. The summed E-state index contributed by atoms with van der Waals surface area (Å²) in [5.74, 6) is -1.88. The van der Waals surface area contributed by atoms with E-state index in [0.29, 0.717) is 22.6 Å². The van der Waals surface area contributed by atoms with Crippen LogP contribution in [0.25, 0.3) is 10.9 Å². The number of hydrogen-bond donors (Lipinski definition) is 0. The van der Waals surface area contributed by atoms with Crippen LogP contribution in [0.1, 0.15) is 46.1 Å². The maximum absolute atomic E-state index is 14.8. The third-order valence-corrected chi connectivity index (χ3v) is 8.56. The van der Waals surface area contributed by atoms with Crippen molar-refractivity contribution in [1.29, 1.82) is 0 Å². The maximum atomic E-state index is 14.8. The average molecular weight is 601 g/mol. The predicted octanol–water partition coefficient (Wildman–Crippen LogP) is 6.58. The molecule has 1 fully saturated rings. The molecule has 0 saturated carbocycles. The Hall–Kier alpha value is -1.78. The molecule has 1 aliphatic heterocycles. The number of likely N-dealkylation sites (tertiary alicyclic amines) is 1. The molecule has 1 aliphatic rings. The van der Waals surface area contributed by atoms with Gasteiger partial charge in [-0.15, -0.1) is 0 Å². The molecular formula is C27H30Cl2F2N2O3P2. The lowest BCUT2D eigenvalue weighted by molar-refractivity contribution is -0.152. The first-order chi connectivity index (χ1) is 17.8. The van der Waals surface area contributed by atoms with E-state index in [2.05, 4.69) is 18.5 Å². The van der Waals surface area contributed by atoms with Crippen LogP contribution in [0.5, 0.6) is 0 Å². The third-order valence-electron chi connectivity index (χ3n) is 7.10. The second-order valence-electron chi connectivity index (χ2n) is 9.67. The molecule has 4 rings (SSSR count). The molecule has 0 radical (unpaired) electrons. The van der Waals surface area contributed by atoms with Crippen molar-refractivity contribution in [3.63, 3.8) is 0 Å². The zero-order chi connectivity index (χ0) is 27.9. The number of hydrogen-bond acceptors (Lipinski definition) is 3. The largest absolute Gasteiger partial charge is 0.466 e. The summed E-state index contributed by atoms with van der Waals surface area (Å²) in [6, 6.07) is 8.78. The first-order valence-electron chi connectivity index (χ1n) is 12.3. The van der Waals surface area contributed by atoms with Gasteiger partial charge in [0.15, 0.2) is 5.15 Å². The van der Waals surface area contributed by atoms with Gasteiger partial charge >= 0.3 is 5.97 Å².